The largest absolute Gasteiger partial charge is 0.351 e. The highest BCUT2D eigenvalue weighted by molar-refractivity contribution is 6.04. The van der Waals surface area contributed by atoms with Crippen LogP contribution in [-0.2, 0) is 32.8 Å². The van der Waals surface area contributed by atoms with Crippen molar-refractivity contribution >= 4 is 45.3 Å². The van der Waals surface area contributed by atoms with Crippen LogP contribution >= 0.6 is 0 Å². The van der Waals surface area contributed by atoms with Crippen molar-refractivity contribution in [2.24, 2.45) is 7.05 Å². The summed E-state index contributed by atoms with van der Waals surface area (Å²) in [5.74, 6) is -0.405. The first kappa shape index (κ1) is 49.4. The number of hydrogen-bond acceptors (Lipinski definition) is 8. The molecule has 13 nitrogen and oxygen atoms in total. The minimum atomic E-state index is -0.175. The Morgan fingerprint density at radius 2 is 0.838 bits per heavy atom. The van der Waals surface area contributed by atoms with E-state index in [0.717, 1.165) is 43.9 Å². The minimum absolute atomic E-state index is 0.0985. The fourth-order valence-electron chi connectivity index (χ4n) is 8.97. The molecule has 0 aliphatic carbocycles. The van der Waals surface area contributed by atoms with Crippen LogP contribution in [0.1, 0.15) is 61.2 Å². The Morgan fingerprint density at radius 1 is 0.471 bits per heavy atom. The van der Waals surface area contributed by atoms with Gasteiger partial charge in [-0.15, -0.1) is 0 Å². The third-order valence-electron chi connectivity index (χ3n) is 12.9. The van der Waals surface area contributed by atoms with Gasteiger partial charge in [-0.2, -0.15) is 0 Å². The van der Waals surface area contributed by atoms with Gasteiger partial charge < -0.3 is 21.3 Å². The molecule has 1 aromatic heterocycles. The van der Waals surface area contributed by atoms with Gasteiger partial charge in [0.15, 0.2) is 6.20 Å². The predicted molar refractivity (Wildman–Crippen MR) is 269 cm³/mol. The van der Waals surface area contributed by atoms with E-state index < -0.39 is 0 Å². The Kier molecular flexibility index (Phi) is 17.8. The second kappa shape index (κ2) is 24.5. The average Bonchev–Trinajstić information content (AvgIpc) is 3.34. The number of benzene rings is 5. The van der Waals surface area contributed by atoms with Crippen LogP contribution in [0.5, 0.6) is 0 Å². The lowest BCUT2D eigenvalue weighted by Gasteiger charge is -2.34. The van der Waals surface area contributed by atoms with E-state index >= 15 is 0 Å². The van der Waals surface area contributed by atoms with Crippen molar-refractivity contribution in [1.82, 2.24) is 40.9 Å². The molecule has 6 aromatic rings. The maximum Gasteiger partial charge on any atom is 0.234 e. The van der Waals surface area contributed by atoms with Gasteiger partial charge in [-0.05, 0) is 55.2 Å². The van der Waals surface area contributed by atoms with Gasteiger partial charge in [0.05, 0.1) is 49.7 Å². The maximum atomic E-state index is 13.9. The summed E-state index contributed by atoms with van der Waals surface area (Å²) in [4.78, 5) is 63.4. The number of fused-ring (bicyclic) bond motifs is 3. The van der Waals surface area contributed by atoms with Crippen LogP contribution in [0, 0.1) is 0 Å². The zero-order chi connectivity index (χ0) is 47.8. The van der Waals surface area contributed by atoms with Crippen molar-refractivity contribution in [3.63, 3.8) is 0 Å². The second-order valence-electron chi connectivity index (χ2n) is 18.2. The summed E-state index contributed by atoms with van der Waals surface area (Å²) in [5, 5.41) is 16.2. The van der Waals surface area contributed by atoms with Crippen LogP contribution in [0.2, 0.25) is 0 Å². The van der Waals surface area contributed by atoms with Gasteiger partial charge in [0.1, 0.15) is 7.05 Å². The quantitative estimate of drug-likeness (QED) is 0.0762. The zero-order valence-corrected chi connectivity index (χ0v) is 40.1. The van der Waals surface area contributed by atoms with Crippen molar-refractivity contribution in [2.45, 2.75) is 45.4 Å². The van der Waals surface area contributed by atoms with E-state index in [9.17, 15) is 19.2 Å². The summed E-state index contributed by atoms with van der Waals surface area (Å²) >= 11 is 0. The Hall–Kier alpha value is -6.51. The monoisotopic (exact) mass is 919 g/mol. The molecular weight excluding hydrogens is 851 g/mol. The van der Waals surface area contributed by atoms with E-state index in [1.165, 1.54) is 0 Å². The molecule has 7 rings (SSSR count). The number of aryl methyl sites for hydroxylation is 1. The summed E-state index contributed by atoms with van der Waals surface area (Å²) in [6.45, 7) is 11.0. The average molecular weight is 919 g/mol. The van der Waals surface area contributed by atoms with E-state index in [1.54, 1.807) is 0 Å². The van der Waals surface area contributed by atoms with E-state index in [2.05, 4.69) is 82.0 Å². The number of rotatable bonds is 16. The van der Waals surface area contributed by atoms with Gasteiger partial charge in [0, 0.05) is 75.7 Å². The summed E-state index contributed by atoms with van der Waals surface area (Å²) in [6.07, 6.45) is 2.14. The molecule has 0 radical (unpaired) electrons. The first-order valence-electron chi connectivity index (χ1n) is 24.0. The van der Waals surface area contributed by atoms with Crippen LogP contribution in [0.3, 0.4) is 0 Å². The molecule has 0 bridgehead atoms. The molecule has 3 atom stereocenters. The van der Waals surface area contributed by atoms with Crippen LogP contribution in [-0.4, -0.2) is 122 Å². The lowest BCUT2D eigenvalue weighted by molar-refractivity contribution is -0.643. The fraction of sp³-hybridized carbons (Fsp3) is 0.364. The Balaban J connectivity index is 1.07. The maximum absolute atomic E-state index is 13.9. The molecule has 68 heavy (non-hydrogen) atoms. The number of nitrogens with zero attached hydrogens (tertiary/aromatic N) is 5. The van der Waals surface area contributed by atoms with Crippen molar-refractivity contribution in [2.75, 3.05) is 78.5 Å². The third-order valence-corrected chi connectivity index (χ3v) is 12.9. The van der Waals surface area contributed by atoms with E-state index in [-0.39, 0.29) is 67.9 Å². The smallest absolute Gasteiger partial charge is 0.234 e. The van der Waals surface area contributed by atoms with Gasteiger partial charge in [-0.3, -0.25) is 38.8 Å². The number of pyridine rings is 1. The molecule has 1 saturated heterocycles. The van der Waals surface area contributed by atoms with Gasteiger partial charge in [-0.25, -0.2) is 4.57 Å². The number of nitrogens with one attached hydrogen (secondary N) is 4. The normalized spacial score (nSPS) is 16.2. The predicted octanol–water partition coefficient (Wildman–Crippen LogP) is 5.29. The van der Waals surface area contributed by atoms with Crippen LogP contribution < -0.4 is 25.8 Å². The van der Waals surface area contributed by atoms with E-state index in [0.29, 0.717) is 58.9 Å². The van der Waals surface area contributed by atoms with Gasteiger partial charge in [0.25, 0.3) is 0 Å². The molecule has 0 saturated carbocycles. The molecule has 0 unspecified atom stereocenters. The van der Waals surface area contributed by atoms with Crippen LogP contribution in [0.25, 0.3) is 21.7 Å². The van der Waals surface area contributed by atoms with Crippen molar-refractivity contribution < 1.29 is 23.7 Å². The molecule has 4 N–H and O–H groups in total. The number of aromatic nitrogens is 1. The van der Waals surface area contributed by atoms with Crippen molar-refractivity contribution in [3.05, 3.63) is 162 Å². The highest BCUT2D eigenvalue weighted by Gasteiger charge is 2.24. The van der Waals surface area contributed by atoms with Crippen LogP contribution in [0.4, 0.5) is 0 Å². The third kappa shape index (κ3) is 14.5. The van der Waals surface area contributed by atoms with Crippen molar-refractivity contribution in [1.29, 1.82) is 0 Å². The number of carbonyl (C=O) groups excluding carboxylic acids is 4. The highest BCUT2D eigenvalue weighted by Crippen LogP contribution is 2.23. The Labute approximate surface area is 401 Å². The summed E-state index contributed by atoms with van der Waals surface area (Å²) in [6, 6.07) is 43.8. The lowest BCUT2D eigenvalue weighted by atomic mass is 10.0. The van der Waals surface area contributed by atoms with Crippen molar-refractivity contribution in [3.8, 4) is 0 Å². The standard InChI is InChI=1S/C55H67N9O4/c1-41(45-16-8-5-9-17-45)57-53(66)38-62-28-26-61(37-52(65)56-35-44-24-25-51-50(34-44)49-23-15-14-22-48(49)36-60(51)4)27-29-63(39-54(67)58-42(2)46-18-10-6-11-19-46)31-33-64(32-30-62)40-55(68)59-43(3)47-20-12-7-13-21-47/h5-25,34,36,41-43H,26-33,35,37-40H2,1-4H3,(H3-,56,57,58,59,65,66,67,68)/p+1/t41-,42-,43-/m0/s1. The molecule has 4 amide bonds. The highest BCUT2D eigenvalue weighted by atomic mass is 16.2. The number of amides is 4. The molecule has 0 spiro atoms. The molecule has 356 valence electrons. The Bertz CT molecular complexity index is 2520. The fourth-order valence-corrected chi connectivity index (χ4v) is 8.97. The number of hydrogen-bond donors (Lipinski definition) is 4. The molecule has 13 heteroatoms. The first-order valence-corrected chi connectivity index (χ1v) is 24.0. The van der Waals surface area contributed by atoms with Gasteiger partial charge >= 0.3 is 0 Å². The SMILES string of the molecule is C[C@H](NC(=O)CN1CCN(CC(=O)NCc2ccc3c(c2)c2ccccc2c[n+]3C)CCN(CC(=O)N[C@@H](C)c2ccccc2)CCN(CC(=O)N[C@@H](C)c2ccccc2)CC1)c1ccccc1. The van der Waals surface area contributed by atoms with E-state index in [4.69, 9.17) is 0 Å². The van der Waals surface area contributed by atoms with Gasteiger partial charge in [0.2, 0.25) is 29.1 Å². The zero-order valence-electron chi connectivity index (χ0n) is 40.1. The summed E-state index contributed by atoms with van der Waals surface area (Å²) in [5.41, 5.74) is 5.18. The summed E-state index contributed by atoms with van der Waals surface area (Å²) in [7, 11) is 2.05. The first-order chi connectivity index (χ1) is 33.0. The van der Waals surface area contributed by atoms with Gasteiger partial charge in [-0.1, -0.05) is 115 Å². The lowest BCUT2D eigenvalue weighted by Crippen LogP contribution is -2.51. The van der Waals surface area contributed by atoms with E-state index in [1.807, 2.05) is 131 Å². The molecule has 2 heterocycles. The molecule has 1 fully saturated rings. The van der Waals surface area contributed by atoms with Crippen LogP contribution in [0.15, 0.2) is 140 Å². The summed E-state index contributed by atoms with van der Waals surface area (Å²) < 4.78 is 2.13. The Morgan fingerprint density at radius 3 is 1.25 bits per heavy atom. The molecular formula is C55H68N9O4+. The molecule has 5 aromatic carbocycles. The molecule has 1 aliphatic heterocycles. The topological polar surface area (TPSA) is 133 Å². The minimum Gasteiger partial charge on any atom is -0.351 e. The second-order valence-corrected chi connectivity index (χ2v) is 18.2. The number of carbonyl (C=O) groups is 4. The molecule has 1 aliphatic rings.